The summed E-state index contributed by atoms with van der Waals surface area (Å²) in [7, 11) is 0. The van der Waals surface area contributed by atoms with Gasteiger partial charge >= 0.3 is 6.18 Å². The minimum absolute atomic E-state index is 0.0729. The number of ether oxygens (including phenoxy) is 2. The molecule has 3 N–H and O–H groups in total. The molecule has 1 unspecified atom stereocenters. The summed E-state index contributed by atoms with van der Waals surface area (Å²) in [6, 6.07) is 4.14. The van der Waals surface area contributed by atoms with Crippen molar-refractivity contribution in [3.8, 4) is 5.88 Å². The van der Waals surface area contributed by atoms with Crippen LogP contribution in [0.4, 0.5) is 22.0 Å². The van der Waals surface area contributed by atoms with Crippen LogP contribution >= 0.6 is 23.2 Å². The average Bonchev–Trinajstić information content (AvgIpc) is 3.67. The van der Waals surface area contributed by atoms with Crippen LogP contribution in [-0.4, -0.2) is 64.7 Å². The van der Waals surface area contributed by atoms with Gasteiger partial charge in [-0.2, -0.15) is 18.2 Å². The van der Waals surface area contributed by atoms with Gasteiger partial charge in [-0.15, -0.1) is 0 Å². The first-order valence-corrected chi connectivity index (χ1v) is 15.2. The lowest BCUT2D eigenvalue weighted by molar-refractivity contribution is -0.182. The summed E-state index contributed by atoms with van der Waals surface area (Å²) >= 11 is 13.1. The van der Waals surface area contributed by atoms with Gasteiger partial charge < -0.3 is 25.1 Å². The number of aromatic amines is 1. The third-order valence-electron chi connectivity index (χ3n) is 7.89. The van der Waals surface area contributed by atoms with Crippen molar-refractivity contribution < 1.29 is 41.0 Å². The summed E-state index contributed by atoms with van der Waals surface area (Å²) in [4.78, 5) is 37.2. The lowest BCUT2D eigenvalue weighted by Gasteiger charge is -2.30. The summed E-state index contributed by atoms with van der Waals surface area (Å²) in [5, 5.41) is 6.15. The first-order valence-electron chi connectivity index (χ1n) is 14.4. The molecule has 1 aromatic carbocycles. The van der Waals surface area contributed by atoms with Crippen LogP contribution in [0.15, 0.2) is 18.2 Å². The zero-order valence-electron chi connectivity index (χ0n) is 23.8. The fourth-order valence-corrected chi connectivity index (χ4v) is 6.07. The number of nitrogens with zero attached hydrogens (tertiary/aromatic N) is 2. The number of benzene rings is 1. The predicted octanol–water partition coefficient (Wildman–Crippen LogP) is 6.15. The average molecular weight is 678 g/mol. The molecule has 3 aromatic rings. The Labute approximate surface area is 264 Å². The molecule has 1 saturated carbocycles. The summed E-state index contributed by atoms with van der Waals surface area (Å²) < 4.78 is 75.7. The van der Waals surface area contributed by atoms with Crippen molar-refractivity contribution in [2.45, 2.75) is 76.2 Å². The molecule has 45 heavy (non-hydrogen) atoms. The Kier molecular flexibility index (Phi) is 10.3. The maximum absolute atomic E-state index is 13.2. The van der Waals surface area contributed by atoms with Crippen molar-refractivity contribution in [1.82, 2.24) is 25.6 Å². The number of rotatable bonds is 10. The fourth-order valence-electron chi connectivity index (χ4n) is 5.50. The molecule has 5 rings (SSSR count). The Morgan fingerprint density at radius 2 is 1.87 bits per heavy atom. The van der Waals surface area contributed by atoms with E-state index in [0.29, 0.717) is 40.0 Å². The van der Waals surface area contributed by atoms with Gasteiger partial charge in [-0.3, -0.25) is 9.59 Å². The van der Waals surface area contributed by atoms with Crippen LogP contribution in [0, 0.1) is 5.92 Å². The number of hydrogen-bond donors (Lipinski definition) is 3. The summed E-state index contributed by atoms with van der Waals surface area (Å²) in [5.41, 5.74) is 1.30. The van der Waals surface area contributed by atoms with E-state index < -0.39 is 43.2 Å². The SMILES string of the molecule is O=C(NC1CCC(C(F)(F)F)CC1)c1cc2[nH]c(Cc3c(Cl)ccc(CNC(=O)C4CCCO4)c3Cl)nc2nc1OCC(F)F. The smallest absolute Gasteiger partial charge is 0.391 e. The number of nitrogens with one attached hydrogen (secondary N) is 3. The molecule has 2 amide bonds. The van der Waals surface area contributed by atoms with Gasteiger partial charge in [0.1, 0.15) is 17.5 Å². The molecule has 1 aliphatic carbocycles. The number of aromatic nitrogens is 3. The lowest BCUT2D eigenvalue weighted by Crippen LogP contribution is -2.40. The maximum Gasteiger partial charge on any atom is 0.391 e. The zero-order chi connectivity index (χ0) is 32.3. The van der Waals surface area contributed by atoms with Crippen LogP contribution in [-0.2, 0) is 22.5 Å². The van der Waals surface area contributed by atoms with Crippen molar-refractivity contribution in [2.75, 3.05) is 13.2 Å². The van der Waals surface area contributed by atoms with E-state index in [2.05, 4.69) is 25.6 Å². The van der Waals surface area contributed by atoms with E-state index in [4.69, 9.17) is 32.7 Å². The van der Waals surface area contributed by atoms with Crippen molar-refractivity contribution in [3.05, 3.63) is 50.8 Å². The molecule has 9 nitrogen and oxygen atoms in total. The second-order valence-electron chi connectivity index (χ2n) is 11.1. The van der Waals surface area contributed by atoms with Gasteiger partial charge in [-0.05, 0) is 61.8 Å². The van der Waals surface area contributed by atoms with Crippen LogP contribution < -0.4 is 15.4 Å². The third-order valence-corrected chi connectivity index (χ3v) is 8.71. The van der Waals surface area contributed by atoms with E-state index in [-0.39, 0.29) is 67.2 Å². The number of alkyl halides is 5. The molecule has 0 spiro atoms. The van der Waals surface area contributed by atoms with Gasteiger partial charge in [0.25, 0.3) is 12.3 Å². The lowest BCUT2D eigenvalue weighted by atomic mass is 9.85. The van der Waals surface area contributed by atoms with E-state index in [9.17, 15) is 31.5 Å². The summed E-state index contributed by atoms with van der Waals surface area (Å²) in [5.74, 6) is -2.43. The molecule has 16 heteroatoms. The second kappa shape index (κ2) is 14.0. The predicted molar refractivity (Wildman–Crippen MR) is 155 cm³/mol. The number of hydrogen-bond acceptors (Lipinski definition) is 6. The standard InChI is InChI=1S/C29H30Cl2F5N5O4/c30-19-8-3-14(12-37-27(43)21-2-1-9-44-21)24(31)17(19)11-23-39-20-10-18(28(41-25(20)40-23)45-13-22(32)33)26(42)38-16-6-4-15(5-7-16)29(34,35)36/h3,8,10,15-16,21-22H,1-2,4-7,9,11-13H2,(H,37,43)(H,38,42)(H,39,40,41). The molecule has 0 bridgehead atoms. The number of H-pyrrole nitrogens is 1. The highest BCUT2D eigenvalue weighted by atomic mass is 35.5. The van der Waals surface area contributed by atoms with E-state index in [1.807, 2.05) is 0 Å². The van der Waals surface area contributed by atoms with E-state index >= 15 is 0 Å². The first kappa shape index (κ1) is 33.1. The molecule has 2 fully saturated rings. The van der Waals surface area contributed by atoms with E-state index in [1.54, 1.807) is 12.1 Å². The van der Waals surface area contributed by atoms with Crippen molar-refractivity contribution in [2.24, 2.45) is 5.92 Å². The van der Waals surface area contributed by atoms with Crippen molar-refractivity contribution >= 4 is 46.2 Å². The zero-order valence-corrected chi connectivity index (χ0v) is 25.3. The number of halogens is 7. The number of carbonyl (C=O) groups is 2. The van der Waals surface area contributed by atoms with Crippen molar-refractivity contribution in [1.29, 1.82) is 0 Å². The van der Waals surface area contributed by atoms with Crippen LogP contribution in [0.2, 0.25) is 10.0 Å². The van der Waals surface area contributed by atoms with Crippen LogP contribution in [0.1, 0.15) is 65.8 Å². The molecular formula is C29H30Cl2F5N5O4. The summed E-state index contributed by atoms with van der Waals surface area (Å²) in [6.07, 6.45) is -6.11. The van der Waals surface area contributed by atoms with E-state index in [0.717, 1.165) is 6.42 Å². The first-order chi connectivity index (χ1) is 21.4. The van der Waals surface area contributed by atoms with Crippen LogP contribution in [0.3, 0.4) is 0 Å². The molecule has 244 valence electrons. The maximum atomic E-state index is 13.2. The molecule has 1 aliphatic heterocycles. The van der Waals surface area contributed by atoms with Gasteiger partial charge in [0.2, 0.25) is 11.8 Å². The minimum atomic E-state index is -4.30. The number of fused-ring (bicyclic) bond motifs is 1. The van der Waals surface area contributed by atoms with Crippen LogP contribution in [0.5, 0.6) is 5.88 Å². The van der Waals surface area contributed by atoms with Crippen LogP contribution in [0.25, 0.3) is 11.2 Å². The number of carbonyl (C=O) groups excluding carboxylic acids is 2. The van der Waals surface area contributed by atoms with Gasteiger partial charge in [-0.25, -0.2) is 13.8 Å². The Bertz CT molecular complexity index is 1540. The quantitative estimate of drug-likeness (QED) is 0.222. The Hall–Kier alpha value is -3.23. The fraction of sp³-hybridized carbons (Fsp3) is 0.517. The van der Waals surface area contributed by atoms with Crippen molar-refractivity contribution in [3.63, 3.8) is 0 Å². The number of pyridine rings is 1. The monoisotopic (exact) mass is 677 g/mol. The van der Waals surface area contributed by atoms with Gasteiger partial charge in [-0.1, -0.05) is 29.3 Å². The number of amides is 2. The third kappa shape index (κ3) is 8.14. The molecule has 1 atom stereocenters. The van der Waals surface area contributed by atoms with Gasteiger partial charge in [0.15, 0.2) is 12.3 Å². The Balaban J connectivity index is 1.34. The molecule has 2 aromatic heterocycles. The van der Waals surface area contributed by atoms with E-state index in [1.165, 1.54) is 6.07 Å². The highest BCUT2D eigenvalue weighted by molar-refractivity contribution is 6.36. The van der Waals surface area contributed by atoms with Gasteiger partial charge in [0.05, 0.1) is 16.5 Å². The normalized spacial score (nSPS) is 20.5. The molecule has 2 aliphatic rings. The molecule has 3 heterocycles. The highest BCUT2D eigenvalue weighted by Gasteiger charge is 2.41. The second-order valence-corrected chi connectivity index (χ2v) is 11.8. The summed E-state index contributed by atoms with van der Waals surface area (Å²) in [6.45, 7) is -0.354. The molecule has 1 saturated heterocycles. The molecular weight excluding hydrogens is 648 g/mol. The Morgan fingerprint density at radius 3 is 2.53 bits per heavy atom. The highest BCUT2D eigenvalue weighted by Crippen LogP contribution is 2.38. The topological polar surface area (TPSA) is 118 Å². The largest absolute Gasteiger partial charge is 0.471 e. The minimum Gasteiger partial charge on any atom is -0.471 e. The number of imidazole rings is 1. The van der Waals surface area contributed by atoms with Gasteiger partial charge in [0, 0.05) is 30.6 Å². The Morgan fingerprint density at radius 1 is 1.11 bits per heavy atom. The molecule has 0 radical (unpaired) electrons.